The molecular weight excluding hydrogens is 336 g/mol. The van der Waals surface area contributed by atoms with Gasteiger partial charge in [-0.05, 0) is 43.2 Å². The minimum Gasteiger partial charge on any atom is -0.462 e. The van der Waals surface area contributed by atoms with Gasteiger partial charge >= 0.3 is 12.0 Å². The van der Waals surface area contributed by atoms with E-state index in [1.54, 1.807) is 31.2 Å². The normalized spacial score (nSPS) is 11.7. The largest absolute Gasteiger partial charge is 0.462 e. The van der Waals surface area contributed by atoms with Gasteiger partial charge in [-0.2, -0.15) is 0 Å². The molecule has 7 nitrogen and oxygen atoms in total. The first-order chi connectivity index (χ1) is 12.7. The number of urea groups is 1. The van der Waals surface area contributed by atoms with E-state index in [9.17, 15) is 9.59 Å². The molecule has 0 spiro atoms. The van der Waals surface area contributed by atoms with Gasteiger partial charge in [0.25, 0.3) is 0 Å². The number of para-hydroxylation sites is 1. The fourth-order valence-electron chi connectivity index (χ4n) is 2.56. The lowest BCUT2D eigenvalue weighted by Gasteiger charge is -2.11. The molecule has 0 radical (unpaired) electrons. The Morgan fingerprint density at radius 1 is 1.12 bits per heavy atom. The van der Waals surface area contributed by atoms with Crippen molar-refractivity contribution in [2.75, 3.05) is 25.3 Å². The van der Waals surface area contributed by atoms with Gasteiger partial charge in [0, 0.05) is 6.54 Å². The predicted molar refractivity (Wildman–Crippen MR) is 95.7 cm³/mol. The molecule has 0 fully saturated rings. The standard InChI is InChI=1S/C19H20N2O5/c1-2-24-18(22)14-5-3-4-6-15(14)21-19(23)20-10-9-13-7-8-16-17(11-13)26-12-25-16/h3-8,11H,2,9-10,12H2,1H3,(H2,20,21,23). The van der Waals surface area contributed by atoms with E-state index in [4.69, 9.17) is 14.2 Å². The zero-order valence-corrected chi connectivity index (χ0v) is 14.4. The first-order valence-electron chi connectivity index (χ1n) is 8.37. The summed E-state index contributed by atoms with van der Waals surface area (Å²) in [6.07, 6.45) is 0.642. The van der Waals surface area contributed by atoms with Crippen LogP contribution in [0.1, 0.15) is 22.8 Å². The second-order valence-electron chi connectivity index (χ2n) is 5.58. The highest BCUT2D eigenvalue weighted by Crippen LogP contribution is 2.32. The molecule has 2 N–H and O–H groups in total. The molecule has 26 heavy (non-hydrogen) atoms. The van der Waals surface area contributed by atoms with Crippen molar-refractivity contribution in [3.63, 3.8) is 0 Å². The zero-order valence-electron chi connectivity index (χ0n) is 14.4. The third-order valence-corrected chi connectivity index (χ3v) is 3.81. The van der Waals surface area contributed by atoms with Crippen LogP contribution in [0.4, 0.5) is 10.5 Å². The van der Waals surface area contributed by atoms with Gasteiger partial charge < -0.3 is 24.8 Å². The molecule has 0 bridgehead atoms. The quantitative estimate of drug-likeness (QED) is 0.777. The molecule has 0 unspecified atom stereocenters. The maximum atomic E-state index is 12.1. The number of carbonyl (C=O) groups is 2. The summed E-state index contributed by atoms with van der Waals surface area (Å²) in [5.74, 6) is 0.981. The molecule has 2 amide bonds. The van der Waals surface area contributed by atoms with E-state index in [2.05, 4.69) is 10.6 Å². The van der Waals surface area contributed by atoms with E-state index in [-0.39, 0.29) is 19.4 Å². The summed E-state index contributed by atoms with van der Waals surface area (Å²) in [4.78, 5) is 24.0. The Labute approximate surface area is 151 Å². The lowest BCUT2D eigenvalue weighted by atomic mass is 10.1. The third kappa shape index (κ3) is 4.24. The number of carbonyl (C=O) groups excluding carboxylic acids is 2. The van der Waals surface area contributed by atoms with Crippen LogP contribution in [0.15, 0.2) is 42.5 Å². The summed E-state index contributed by atoms with van der Waals surface area (Å²) in [5.41, 5.74) is 1.76. The minimum absolute atomic E-state index is 0.235. The zero-order chi connectivity index (χ0) is 18.4. The van der Waals surface area contributed by atoms with Crippen LogP contribution in [-0.2, 0) is 11.2 Å². The van der Waals surface area contributed by atoms with Gasteiger partial charge in [0.05, 0.1) is 17.9 Å². The second kappa shape index (κ2) is 8.24. The van der Waals surface area contributed by atoms with Crippen LogP contribution in [0.3, 0.4) is 0 Å². The van der Waals surface area contributed by atoms with Gasteiger partial charge in [-0.3, -0.25) is 0 Å². The van der Waals surface area contributed by atoms with Crippen molar-refractivity contribution < 1.29 is 23.8 Å². The molecule has 0 saturated heterocycles. The van der Waals surface area contributed by atoms with Gasteiger partial charge in [-0.25, -0.2) is 9.59 Å². The summed E-state index contributed by atoms with van der Waals surface area (Å²) in [5, 5.41) is 5.45. The van der Waals surface area contributed by atoms with E-state index in [1.807, 2.05) is 18.2 Å². The molecule has 2 aromatic rings. The van der Waals surface area contributed by atoms with E-state index >= 15 is 0 Å². The number of ether oxygens (including phenoxy) is 3. The summed E-state index contributed by atoms with van der Waals surface area (Å²) in [6.45, 7) is 2.68. The van der Waals surface area contributed by atoms with Gasteiger partial charge in [0.2, 0.25) is 6.79 Å². The van der Waals surface area contributed by atoms with Gasteiger partial charge in [-0.15, -0.1) is 0 Å². The average Bonchev–Trinajstić information content (AvgIpc) is 3.10. The van der Waals surface area contributed by atoms with Crippen LogP contribution < -0.4 is 20.1 Å². The summed E-state index contributed by atoms with van der Waals surface area (Å²) < 4.78 is 15.6. The number of hydrogen-bond acceptors (Lipinski definition) is 5. The van der Waals surface area contributed by atoms with Gasteiger partial charge in [0.15, 0.2) is 11.5 Å². The summed E-state index contributed by atoms with van der Waals surface area (Å²) in [6, 6.07) is 12.0. The molecule has 3 rings (SSSR count). The van der Waals surface area contributed by atoms with Crippen LogP contribution in [0.2, 0.25) is 0 Å². The number of nitrogens with one attached hydrogen (secondary N) is 2. The summed E-state index contributed by atoms with van der Waals surface area (Å²) >= 11 is 0. The highest BCUT2D eigenvalue weighted by molar-refractivity contribution is 6.00. The minimum atomic E-state index is -0.469. The van der Waals surface area contributed by atoms with Crippen molar-refractivity contribution in [2.24, 2.45) is 0 Å². The van der Waals surface area contributed by atoms with Crippen molar-refractivity contribution in [3.8, 4) is 11.5 Å². The average molecular weight is 356 g/mol. The maximum Gasteiger partial charge on any atom is 0.340 e. The van der Waals surface area contributed by atoms with Crippen LogP contribution in [0.5, 0.6) is 11.5 Å². The summed E-state index contributed by atoms with van der Waals surface area (Å²) in [7, 11) is 0. The first-order valence-corrected chi connectivity index (χ1v) is 8.37. The van der Waals surface area contributed by atoms with Crippen LogP contribution in [0.25, 0.3) is 0 Å². The van der Waals surface area contributed by atoms with Crippen molar-refractivity contribution >= 4 is 17.7 Å². The van der Waals surface area contributed by atoms with Crippen LogP contribution in [-0.4, -0.2) is 31.9 Å². The fourth-order valence-corrected chi connectivity index (χ4v) is 2.56. The molecule has 0 aromatic heterocycles. The van der Waals surface area contributed by atoms with Crippen molar-refractivity contribution in [3.05, 3.63) is 53.6 Å². The van der Waals surface area contributed by atoms with Gasteiger partial charge in [-0.1, -0.05) is 18.2 Å². The maximum absolute atomic E-state index is 12.1. The fraction of sp³-hybridized carbons (Fsp3) is 0.263. The molecule has 0 saturated carbocycles. The number of amides is 2. The van der Waals surface area contributed by atoms with Crippen molar-refractivity contribution in [2.45, 2.75) is 13.3 Å². The molecular formula is C19H20N2O5. The molecule has 2 aromatic carbocycles. The Bertz CT molecular complexity index is 806. The van der Waals surface area contributed by atoms with E-state index < -0.39 is 5.97 Å². The number of benzene rings is 2. The lowest BCUT2D eigenvalue weighted by molar-refractivity contribution is 0.0527. The molecule has 0 aliphatic carbocycles. The molecule has 1 aliphatic rings. The van der Waals surface area contributed by atoms with E-state index in [0.29, 0.717) is 24.2 Å². The van der Waals surface area contributed by atoms with E-state index in [0.717, 1.165) is 17.1 Å². The third-order valence-electron chi connectivity index (χ3n) is 3.81. The molecule has 1 aliphatic heterocycles. The van der Waals surface area contributed by atoms with Crippen LogP contribution >= 0.6 is 0 Å². The Kier molecular flexibility index (Phi) is 5.58. The Balaban J connectivity index is 1.52. The number of hydrogen-bond donors (Lipinski definition) is 2. The van der Waals surface area contributed by atoms with Crippen molar-refractivity contribution in [1.82, 2.24) is 5.32 Å². The Morgan fingerprint density at radius 3 is 2.77 bits per heavy atom. The smallest absolute Gasteiger partial charge is 0.340 e. The Morgan fingerprint density at radius 2 is 1.92 bits per heavy atom. The number of anilines is 1. The first kappa shape index (κ1) is 17.6. The second-order valence-corrected chi connectivity index (χ2v) is 5.58. The molecule has 136 valence electrons. The Hall–Kier alpha value is -3.22. The highest BCUT2D eigenvalue weighted by atomic mass is 16.7. The number of esters is 1. The molecule has 1 heterocycles. The molecule has 7 heteroatoms. The number of rotatable bonds is 6. The lowest BCUT2D eigenvalue weighted by Crippen LogP contribution is -2.31. The predicted octanol–water partition coefficient (Wildman–Crippen LogP) is 2.96. The van der Waals surface area contributed by atoms with E-state index in [1.165, 1.54) is 0 Å². The topological polar surface area (TPSA) is 85.9 Å². The SMILES string of the molecule is CCOC(=O)c1ccccc1NC(=O)NCCc1ccc2c(c1)OCO2. The van der Waals surface area contributed by atoms with Gasteiger partial charge in [0.1, 0.15) is 0 Å². The monoisotopic (exact) mass is 356 g/mol. The molecule has 0 atom stereocenters. The number of fused-ring (bicyclic) bond motifs is 1. The highest BCUT2D eigenvalue weighted by Gasteiger charge is 2.15. The van der Waals surface area contributed by atoms with Crippen LogP contribution in [0, 0.1) is 0 Å². The van der Waals surface area contributed by atoms with Crippen molar-refractivity contribution in [1.29, 1.82) is 0 Å².